The van der Waals surface area contributed by atoms with Crippen molar-refractivity contribution in [3.05, 3.63) is 59.7 Å². The Morgan fingerprint density at radius 2 is 1.86 bits per heavy atom. The summed E-state index contributed by atoms with van der Waals surface area (Å²) in [6.45, 7) is 4.38. The van der Waals surface area contributed by atoms with Gasteiger partial charge in [0, 0.05) is 25.2 Å². The summed E-state index contributed by atoms with van der Waals surface area (Å²) < 4.78 is 0. The number of nitrogens with zero attached hydrogens (tertiary/aromatic N) is 1. The monoisotopic (exact) mass is 385 g/mol. The van der Waals surface area contributed by atoms with E-state index in [9.17, 15) is 19.8 Å². The number of para-hydroxylation sites is 1. The summed E-state index contributed by atoms with van der Waals surface area (Å²) in [7, 11) is 0. The number of nitrogens with one attached hydrogen (secondary N) is 1. The van der Waals surface area contributed by atoms with Crippen LogP contribution in [-0.4, -0.2) is 41.2 Å². The number of aromatic hydroxyl groups is 1. The van der Waals surface area contributed by atoms with Crippen molar-refractivity contribution in [3.63, 3.8) is 0 Å². The molecule has 2 rings (SSSR count). The number of rotatable bonds is 9. The van der Waals surface area contributed by atoms with Crippen molar-refractivity contribution in [3.8, 4) is 5.75 Å². The van der Waals surface area contributed by atoms with Crippen molar-refractivity contribution in [1.82, 2.24) is 5.32 Å². The Morgan fingerprint density at radius 1 is 1.18 bits per heavy atom. The largest absolute Gasteiger partial charge is 0.507 e. The standard InChI is InChI=1S/C21H27N3O4/c1-14(24(15(2)25)17-6-4-3-5-7-17)10-11-23-13-20(27)16-8-9-19(26)18(12-16)21(22)28/h3-9,12,14,20,23,26-27H,10-11,13H2,1-2H3,(H2,22,28). The molecular formula is C21H27N3O4. The van der Waals surface area contributed by atoms with Gasteiger partial charge in [-0.05, 0) is 49.7 Å². The van der Waals surface area contributed by atoms with Crippen LogP contribution in [0.5, 0.6) is 5.75 Å². The highest BCUT2D eigenvalue weighted by atomic mass is 16.3. The molecule has 0 aromatic heterocycles. The number of nitrogens with two attached hydrogens (primary N) is 1. The molecular weight excluding hydrogens is 358 g/mol. The molecule has 0 fully saturated rings. The van der Waals surface area contributed by atoms with Crippen LogP contribution in [0.25, 0.3) is 0 Å². The second kappa shape index (κ2) is 9.87. The maximum absolute atomic E-state index is 12.0. The van der Waals surface area contributed by atoms with Crippen molar-refractivity contribution in [2.45, 2.75) is 32.4 Å². The van der Waals surface area contributed by atoms with E-state index in [1.165, 1.54) is 12.1 Å². The molecule has 0 bridgehead atoms. The van der Waals surface area contributed by atoms with Gasteiger partial charge in [0.25, 0.3) is 5.91 Å². The zero-order valence-electron chi connectivity index (χ0n) is 16.1. The highest BCUT2D eigenvalue weighted by molar-refractivity contribution is 5.95. The van der Waals surface area contributed by atoms with E-state index in [2.05, 4.69) is 5.32 Å². The Balaban J connectivity index is 1.88. The first-order valence-electron chi connectivity index (χ1n) is 9.17. The van der Waals surface area contributed by atoms with Gasteiger partial charge in [-0.15, -0.1) is 0 Å². The molecule has 0 heterocycles. The summed E-state index contributed by atoms with van der Waals surface area (Å²) in [6, 6.07) is 13.7. The molecule has 150 valence electrons. The predicted octanol–water partition coefficient (Wildman–Crippen LogP) is 1.95. The molecule has 2 unspecified atom stereocenters. The molecule has 2 aromatic carbocycles. The van der Waals surface area contributed by atoms with Crippen LogP contribution in [0.3, 0.4) is 0 Å². The van der Waals surface area contributed by atoms with Gasteiger partial charge < -0.3 is 26.2 Å². The number of aliphatic hydroxyl groups excluding tert-OH is 1. The minimum absolute atomic E-state index is 0.0142. The van der Waals surface area contributed by atoms with E-state index in [4.69, 9.17) is 5.73 Å². The van der Waals surface area contributed by atoms with Gasteiger partial charge in [0.1, 0.15) is 5.75 Å². The molecule has 7 heteroatoms. The zero-order chi connectivity index (χ0) is 20.7. The zero-order valence-corrected chi connectivity index (χ0v) is 16.1. The van der Waals surface area contributed by atoms with Gasteiger partial charge in [-0.1, -0.05) is 24.3 Å². The Morgan fingerprint density at radius 3 is 2.46 bits per heavy atom. The molecule has 2 aromatic rings. The average molecular weight is 385 g/mol. The number of carbonyl (C=O) groups is 2. The lowest BCUT2D eigenvalue weighted by atomic mass is 10.0. The number of carbonyl (C=O) groups excluding carboxylic acids is 2. The van der Waals surface area contributed by atoms with Gasteiger partial charge in [-0.25, -0.2) is 0 Å². The second-order valence-electron chi connectivity index (χ2n) is 6.72. The third-order valence-corrected chi connectivity index (χ3v) is 4.56. The van der Waals surface area contributed by atoms with Crippen molar-refractivity contribution >= 4 is 17.5 Å². The molecule has 0 spiro atoms. The molecule has 0 saturated heterocycles. The molecule has 0 aliphatic carbocycles. The fourth-order valence-corrected chi connectivity index (χ4v) is 3.09. The van der Waals surface area contributed by atoms with Crippen LogP contribution < -0.4 is 16.0 Å². The Bertz CT molecular complexity index is 811. The van der Waals surface area contributed by atoms with Crippen molar-refractivity contribution in [1.29, 1.82) is 0 Å². The van der Waals surface area contributed by atoms with Crippen molar-refractivity contribution in [2.75, 3.05) is 18.0 Å². The topological polar surface area (TPSA) is 116 Å². The van der Waals surface area contributed by atoms with E-state index in [1.807, 2.05) is 37.3 Å². The van der Waals surface area contributed by atoms with Crippen LogP contribution in [0.1, 0.15) is 42.3 Å². The number of aliphatic hydroxyl groups is 1. The van der Waals surface area contributed by atoms with Gasteiger partial charge in [0.15, 0.2) is 0 Å². The summed E-state index contributed by atoms with van der Waals surface area (Å²) in [6.07, 6.45) is -0.157. The summed E-state index contributed by atoms with van der Waals surface area (Å²) in [5, 5.41) is 23.1. The summed E-state index contributed by atoms with van der Waals surface area (Å²) >= 11 is 0. The predicted molar refractivity (Wildman–Crippen MR) is 108 cm³/mol. The van der Waals surface area contributed by atoms with E-state index < -0.39 is 12.0 Å². The number of benzene rings is 2. The van der Waals surface area contributed by atoms with E-state index in [1.54, 1.807) is 17.9 Å². The van der Waals surface area contributed by atoms with Crippen LogP contribution in [0.4, 0.5) is 5.69 Å². The summed E-state index contributed by atoms with van der Waals surface area (Å²) in [5.74, 6) is -0.990. The Labute approximate surface area is 164 Å². The molecule has 0 aliphatic heterocycles. The minimum atomic E-state index is -0.855. The van der Waals surface area contributed by atoms with E-state index in [-0.39, 0.29) is 29.8 Å². The lowest BCUT2D eigenvalue weighted by molar-refractivity contribution is -0.117. The van der Waals surface area contributed by atoms with E-state index in [0.29, 0.717) is 18.5 Å². The first-order valence-corrected chi connectivity index (χ1v) is 9.17. The van der Waals surface area contributed by atoms with E-state index >= 15 is 0 Å². The quantitative estimate of drug-likeness (QED) is 0.492. The third kappa shape index (κ3) is 5.55. The number of phenols is 1. The number of primary amides is 1. The average Bonchev–Trinajstić information content (AvgIpc) is 2.66. The van der Waals surface area contributed by atoms with Crippen LogP contribution in [-0.2, 0) is 4.79 Å². The van der Waals surface area contributed by atoms with Gasteiger partial charge in [-0.3, -0.25) is 9.59 Å². The highest BCUT2D eigenvalue weighted by Gasteiger charge is 2.18. The molecule has 2 amide bonds. The van der Waals surface area contributed by atoms with Crippen molar-refractivity contribution < 1.29 is 19.8 Å². The molecule has 2 atom stereocenters. The normalized spacial score (nSPS) is 13.0. The molecule has 0 radical (unpaired) electrons. The molecule has 0 saturated carbocycles. The number of hydrogen-bond acceptors (Lipinski definition) is 5. The number of amides is 2. The summed E-state index contributed by atoms with van der Waals surface area (Å²) in [4.78, 5) is 25.1. The number of hydrogen-bond donors (Lipinski definition) is 4. The molecule has 7 nitrogen and oxygen atoms in total. The Hall–Kier alpha value is -2.90. The second-order valence-corrected chi connectivity index (χ2v) is 6.72. The fraction of sp³-hybridized carbons (Fsp3) is 0.333. The molecule has 5 N–H and O–H groups in total. The molecule has 0 aliphatic rings. The first kappa shape index (κ1) is 21.4. The highest BCUT2D eigenvalue weighted by Crippen LogP contribution is 2.22. The van der Waals surface area contributed by atoms with Gasteiger partial charge >= 0.3 is 0 Å². The van der Waals surface area contributed by atoms with Crippen LogP contribution in [0.15, 0.2) is 48.5 Å². The lowest BCUT2D eigenvalue weighted by Crippen LogP contribution is -2.39. The van der Waals surface area contributed by atoms with Crippen molar-refractivity contribution in [2.24, 2.45) is 5.73 Å². The van der Waals surface area contributed by atoms with Gasteiger partial charge in [0.05, 0.1) is 11.7 Å². The Kier molecular flexibility index (Phi) is 7.54. The third-order valence-electron chi connectivity index (χ3n) is 4.56. The van der Waals surface area contributed by atoms with Gasteiger partial charge in [0.2, 0.25) is 5.91 Å². The fourth-order valence-electron chi connectivity index (χ4n) is 3.09. The minimum Gasteiger partial charge on any atom is -0.507 e. The smallest absolute Gasteiger partial charge is 0.252 e. The maximum atomic E-state index is 12.0. The molecule has 28 heavy (non-hydrogen) atoms. The lowest BCUT2D eigenvalue weighted by Gasteiger charge is -2.28. The van der Waals surface area contributed by atoms with Gasteiger partial charge in [-0.2, -0.15) is 0 Å². The number of anilines is 1. The maximum Gasteiger partial charge on any atom is 0.252 e. The van der Waals surface area contributed by atoms with Crippen LogP contribution >= 0.6 is 0 Å². The van der Waals surface area contributed by atoms with Crippen LogP contribution in [0, 0.1) is 0 Å². The summed E-state index contributed by atoms with van der Waals surface area (Å²) in [5.41, 5.74) is 6.53. The van der Waals surface area contributed by atoms with Crippen LogP contribution in [0.2, 0.25) is 0 Å². The SMILES string of the molecule is CC(=O)N(c1ccccc1)C(C)CCNCC(O)c1ccc(O)c(C(N)=O)c1. The first-order chi connectivity index (χ1) is 13.3. The van der Waals surface area contributed by atoms with E-state index in [0.717, 1.165) is 5.69 Å².